The third kappa shape index (κ3) is 6.17. The average molecular weight is 573 g/mol. The number of amides is 1. The fraction of sp³-hybridized carbons (Fsp3) is 0.176. The normalized spacial score (nSPS) is 14.0. The molecule has 1 aliphatic heterocycles. The number of carbonyl (C=O) groups is 2. The number of aromatic nitrogens is 2. The molecule has 0 saturated carbocycles. The Bertz CT molecular complexity index is 1820. The van der Waals surface area contributed by atoms with Crippen LogP contribution in [0.4, 0.5) is 17.1 Å². The first kappa shape index (κ1) is 27.9. The zero-order valence-corrected chi connectivity index (χ0v) is 24.0. The molecule has 1 fully saturated rings. The van der Waals surface area contributed by atoms with Crippen LogP contribution in [0.15, 0.2) is 90.1 Å². The molecule has 3 aromatic carbocycles. The van der Waals surface area contributed by atoms with Crippen molar-refractivity contribution in [2.45, 2.75) is 6.92 Å². The fourth-order valence-corrected chi connectivity index (χ4v) is 5.14. The van der Waals surface area contributed by atoms with Crippen LogP contribution in [0.3, 0.4) is 0 Å². The molecule has 43 heavy (non-hydrogen) atoms. The molecule has 0 atom stereocenters. The average Bonchev–Trinajstić information content (AvgIpc) is 3.34. The Morgan fingerprint density at radius 3 is 2.42 bits per heavy atom. The highest BCUT2D eigenvalue weighted by atomic mass is 16.3. The van der Waals surface area contributed by atoms with Crippen LogP contribution in [-0.4, -0.2) is 71.1 Å². The first-order valence-electron chi connectivity index (χ1n) is 14.2. The van der Waals surface area contributed by atoms with Crippen LogP contribution in [0.25, 0.3) is 10.9 Å². The second-order valence-electron chi connectivity index (χ2n) is 10.8. The molecule has 9 nitrogen and oxygen atoms in total. The quantitative estimate of drug-likeness (QED) is 0.174. The van der Waals surface area contributed by atoms with Gasteiger partial charge >= 0.3 is 0 Å². The lowest BCUT2D eigenvalue weighted by Crippen LogP contribution is -2.44. The molecule has 0 aliphatic carbocycles. The van der Waals surface area contributed by atoms with Gasteiger partial charge in [0.2, 0.25) is 0 Å². The Morgan fingerprint density at radius 2 is 1.67 bits per heavy atom. The number of pyridine rings is 1. The van der Waals surface area contributed by atoms with Gasteiger partial charge < -0.3 is 25.2 Å². The Labute approximate surface area is 249 Å². The second kappa shape index (κ2) is 11.9. The number of piperazine rings is 1. The van der Waals surface area contributed by atoms with Crippen molar-refractivity contribution in [3.63, 3.8) is 0 Å². The van der Waals surface area contributed by atoms with Gasteiger partial charge in [0.15, 0.2) is 11.7 Å². The summed E-state index contributed by atoms with van der Waals surface area (Å²) < 4.78 is 0. The van der Waals surface area contributed by atoms with Gasteiger partial charge in [0.25, 0.3) is 5.91 Å². The maximum absolute atomic E-state index is 13.4. The van der Waals surface area contributed by atoms with Crippen LogP contribution in [0, 0.1) is 6.92 Å². The first-order valence-corrected chi connectivity index (χ1v) is 14.2. The number of aromatic hydroxyl groups is 1. The highest BCUT2D eigenvalue weighted by Gasteiger charge is 2.16. The molecule has 3 heterocycles. The lowest BCUT2D eigenvalue weighted by atomic mass is 10.0. The number of nitrogens with one attached hydrogen (secondary N) is 2. The van der Waals surface area contributed by atoms with E-state index >= 15 is 0 Å². The smallest absolute Gasteiger partial charge is 0.257 e. The Morgan fingerprint density at radius 1 is 0.930 bits per heavy atom. The van der Waals surface area contributed by atoms with Gasteiger partial charge in [-0.1, -0.05) is 24.3 Å². The lowest BCUT2D eigenvalue weighted by molar-refractivity contribution is 0.102. The summed E-state index contributed by atoms with van der Waals surface area (Å²) in [6, 6.07) is 23.6. The van der Waals surface area contributed by atoms with Crippen molar-refractivity contribution in [2.24, 2.45) is 4.99 Å². The van der Waals surface area contributed by atoms with Crippen molar-refractivity contribution in [3.05, 3.63) is 113 Å². The predicted octanol–water partition coefficient (Wildman–Crippen LogP) is 5.56. The van der Waals surface area contributed by atoms with E-state index in [2.05, 4.69) is 49.3 Å². The van der Waals surface area contributed by atoms with Crippen molar-refractivity contribution in [1.29, 1.82) is 0 Å². The monoisotopic (exact) mass is 572 g/mol. The standard InChI is InChI=1S/C34H32N6O3/c1-22-6-7-25(20-35-22)33(42)37-27-5-3-4-23(18-27)32(41)24-8-13-29-30(34(43)38-31(29)19-24)21-36-26-9-11-28(12-10-26)40-16-14-39(2)15-17-40/h3-13,18-21,38,43H,14-17H2,1-2H3,(H,37,42). The summed E-state index contributed by atoms with van der Waals surface area (Å²) in [5.74, 6) is -0.534. The minimum atomic E-state index is -0.305. The molecule has 1 aliphatic rings. The van der Waals surface area contributed by atoms with E-state index in [1.54, 1.807) is 60.8 Å². The van der Waals surface area contributed by atoms with E-state index in [0.29, 0.717) is 33.5 Å². The molecule has 0 unspecified atom stereocenters. The molecule has 3 N–H and O–H groups in total. The number of aromatic amines is 1. The van der Waals surface area contributed by atoms with Gasteiger partial charge in [0.05, 0.1) is 16.8 Å². The summed E-state index contributed by atoms with van der Waals surface area (Å²) in [4.78, 5) is 42.4. The molecule has 0 bridgehead atoms. The molecule has 1 amide bonds. The van der Waals surface area contributed by atoms with E-state index in [1.165, 1.54) is 11.9 Å². The van der Waals surface area contributed by atoms with Crippen LogP contribution in [0.1, 0.15) is 37.5 Å². The van der Waals surface area contributed by atoms with E-state index < -0.39 is 0 Å². The Hall–Kier alpha value is -5.28. The van der Waals surface area contributed by atoms with Gasteiger partial charge in [-0.3, -0.25) is 19.6 Å². The molecule has 6 rings (SSSR count). The third-order valence-electron chi connectivity index (χ3n) is 7.70. The molecule has 0 radical (unpaired) electrons. The van der Waals surface area contributed by atoms with E-state index in [0.717, 1.165) is 42.9 Å². The summed E-state index contributed by atoms with van der Waals surface area (Å²) in [5.41, 5.74) is 5.76. The van der Waals surface area contributed by atoms with E-state index in [-0.39, 0.29) is 17.6 Å². The van der Waals surface area contributed by atoms with E-state index in [4.69, 9.17) is 0 Å². The lowest BCUT2D eigenvalue weighted by Gasteiger charge is -2.34. The van der Waals surface area contributed by atoms with Crippen LogP contribution in [-0.2, 0) is 0 Å². The predicted molar refractivity (Wildman–Crippen MR) is 170 cm³/mol. The second-order valence-corrected chi connectivity index (χ2v) is 10.8. The minimum Gasteiger partial charge on any atom is -0.494 e. The number of aliphatic imine (C=N–C) groups is 1. The number of H-pyrrole nitrogens is 1. The first-order chi connectivity index (χ1) is 20.8. The van der Waals surface area contributed by atoms with Crippen LogP contribution >= 0.6 is 0 Å². The summed E-state index contributed by atoms with van der Waals surface area (Å²) in [6.45, 7) is 5.95. The van der Waals surface area contributed by atoms with E-state index in [1.807, 2.05) is 19.1 Å². The number of carbonyl (C=O) groups excluding carboxylic acids is 2. The number of aryl methyl sites for hydroxylation is 1. The maximum atomic E-state index is 13.4. The topological polar surface area (TPSA) is 114 Å². The summed E-state index contributed by atoms with van der Waals surface area (Å²) in [7, 11) is 2.14. The summed E-state index contributed by atoms with van der Waals surface area (Å²) in [6.07, 6.45) is 3.15. The van der Waals surface area contributed by atoms with Gasteiger partial charge in [-0.25, -0.2) is 0 Å². The highest BCUT2D eigenvalue weighted by Crippen LogP contribution is 2.29. The molecule has 216 valence electrons. The van der Waals surface area contributed by atoms with Gasteiger partial charge in [-0.05, 0) is 68.6 Å². The molecule has 1 saturated heterocycles. The molecular weight excluding hydrogens is 540 g/mol. The number of benzene rings is 3. The van der Waals surface area contributed by atoms with Crippen molar-refractivity contribution in [3.8, 4) is 5.88 Å². The van der Waals surface area contributed by atoms with Gasteiger partial charge in [0.1, 0.15) is 0 Å². The number of nitrogens with zero attached hydrogens (tertiary/aromatic N) is 4. The van der Waals surface area contributed by atoms with Gasteiger partial charge in [-0.2, -0.15) is 0 Å². The Kier molecular flexibility index (Phi) is 7.72. The zero-order valence-electron chi connectivity index (χ0n) is 24.0. The molecule has 0 spiro atoms. The van der Waals surface area contributed by atoms with E-state index in [9.17, 15) is 14.7 Å². The summed E-state index contributed by atoms with van der Waals surface area (Å²) >= 11 is 0. The van der Waals surface area contributed by atoms with Crippen LogP contribution < -0.4 is 10.2 Å². The number of fused-ring (bicyclic) bond motifs is 1. The maximum Gasteiger partial charge on any atom is 0.257 e. The number of ketones is 1. The zero-order chi connectivity index (χ0) is 29.9. The third-order valence-corrected chi connectivity index (χ3v) is 7.70. The largest absolute Gasteiger partial charge is 0.494 e. The number of hydrogen-bond donors (Lipinski definition) is 3. The summed E-state index contributed by atoms with van der Waals surface area (Å²) in [5, 5.41) is 14.2. The fourth-order valence-electron chi connectivity index (χ4n) is 5.14. The van der Waals surface area contributed by atoms with Crippen LogP contribution in [0.2, 0.25) is 0 Å². The van der Waals surface area contributed by atoms with Crippen molar-refractivity contribution in [1.82, 2.24) is 14.9 Å². The van der Waals surface area contributed by atoms with Gasteiger partial charge in [-0.15, -0.1) is 0 Å². The number of hydrogen-bond acceptors (Lipinski definition) is 7. The Balaban J connectivity index is 1.17. The highest BCUT2D eigenvalue weighted by molar-refractivity contribution is 6.13. The van der Waals surface area contributed by atoms with Crippen molar-refractivity contribution >= 4 is 45.9 Å². The van der Waals surface area contributed by atoms with Crippen molar-refractivity contribution in [2.75, 3.05) is 43.4 Å². The SMILES string of the molecule is Cc1ccc(C(=O)Nc2cccc(C(=O)c3ccc4c(C=Nc5ccc(N6CCN(C)CC6)cc5)c(O)[nH]c4c3)c2)cn1. The number of rotatable bonds is 7. The minimum absolute atomic E-state index is 0.0206. The number of likely N-dealkylation sites (N-methyl/N-ethyl adjacent to an activating group) is 1. The van der Waals surface area contributed by atoms with Crippen molar-refractivity contribution < 1.29 is 14.7 Å². The number of anilines is 2. The molecule has 2 aromatic heterocycles. The molecule has 5 aromatic rings. The van der Waals surface area contributed by atoms with Crippen LogP contribution in [0.5, 0.6) is 5.88 Å². The van der Waals surface area contributed by atoms with Gasteiger partial charge in [0, 0.05) is 77.7 Å². The molecule has 9 heteroatoms. The molecular formula is C34H32N6O3.